The average molecular weight is 247 g/mol. The molecule has 1 rings (SSSR count). The normalized spacial score (nSPS) is 10.0. The van der Waals surface area contributed by atoms with Crippen molar-refractivity contribution in [3.63, 3.8) is 0 Å². The van der Waals surface area contributed by atoms with E-state index < -0.39 is 0 Å². The van der Waals surface area contributed by atoms with E-state index in [-0.39, 0.29) is 6.61 Å². The zero-order chi connectivity index (χ0) is 13.2. The van der Waals surface area contributed by atoms with Crippen molar-refractivity contribution in [3.8, 4) is 17.6 Å². The minimum atomic E-state index is 0.104. The molecule has 0 bridgehead atoms. The first-order chi connectivity index (χ1) is 8.76. The summed E-state index contributed by atoms with van der Waals surface area (Å²) in [6.45, 7) is 4.84. The van der Waals surface area contributed by atoms with Crippen LogP contribution in [0.2, 0.25) is 0 Å². The second kappa shape index (κ2) is 8.57. The molecule has 0 atom stereocenters. The van der Waals surface area contributed by atoms with Crippen molar-refractivity contribution in [1.29, 1.82) is 0 Å². The first kappa shape index (κ1) is 14.6. The first-order valence-corrected chi connectivity index (χ1v) is 6.27. The Hall–Kier alpha value is -1.50. The van der Waals surface area contributed by atoms with E-state index in [1.807, 2.05) is 24.3 Å². The number of hydrogen-bond acceptors (Lipinski definition) is 3. The van der Waals surface area contributed by atoms with Crippen LogP contribution in [0.4, 0.5) is 0 Å². The van der Waals surface area contributed by atoms with Gasteiger partial charge in [0, 0.05) is 18.5 Å². The Labute approximate surface area is 109 Å². The molecule has 0 unspecified atom stereocenters. The van der Waals surface area contributed by atoms with Gasteiger partial charge in [-0.3, -0.25) is 0 Å². The van der Waals surface area contributed by atoms with Crippen LogP contribution >= 0.6 is 0 Å². The number of hydrogen-bond donors (Lipinski definition) is 1. The van der Waals surface area contributed by atoms with Crippen LogP contribution in [0.1, 0.15) is 18.9 Å². The van der Waals surface area contributed by atoms with Crippen molar-refractivity contribution in [2.75, 3.05) is 33.4 Å². The van der Waals surface area contributed by atoms with E-state index >= 15 is 0 Å². The van der Waals surface area contributed by atoms with Gasteiger partial charge in [0.05, 0.1) is 6.61 Å². The molecule has 3 heteroatoms. The Morgan fingerprint density at radius 3 is 2.94 bits per heavy atom. The lowest BCUT2D eigenvalue weighted by Gasteiger charge is -2.14. The van der Waals surface area contributed by atoms with Crippen molar-refractivity contribution >= 4 is 0 Å². The van der Waals surface area contributed by atoms with E-state index in [1.54, 1.807) is 0 Å². The second-order valence-corrected chi connectivity index (χ2v) is 4.05. The van der Waals surface area contributed by atoms with Crippen molar-refractivity contribution in [2.24, 2.45) is 0 Å². The third kappa shape index (κ3) is 5.72. The molecule has 0 aliphatic heterocycles. The molecule has 3 nitrogen and oxygen atoms in total. The van der Waals surface area contributed by atoms with Crippen LogP contribution in [0.3, 0.4) is 0 Å². The fourth-order valence-electron chi connectivity index (χ4n) is 1.36. The first-order valence-electron chi connectivity index (χ1n) is 6.27. The predicted molar refractivity (Wildman–Crippen MR) is 73.7 cm³/mol. The van der Waals surface area contributed by atoms with Gasteiger partial charge in [0.25, 0.3) is 0 Å². The van der Waals surface area contributed by atoms with Gasteiger partial charge in [0.15, 0.2) is 0 Å². The Balaban J connectivity index is 2.47. The van der Waals surface area contributed by atoms with E-state index in [0.717, 1.165) is 24.4 Å². The standard InChI is InChI=1S/C15H21NO2/c1-3-16(2)10-12-18-15-9-6-8-14(13-15)7-4-5-11-17/h6,8-9,13,17H,3,5,10-12H2,1-2H3. The van der Waals surface area contributed by atoms with E-state index in [4.69, 9.17) is 9.84 Å². The number of nitrogens with zero attached hydrogens (tertiary/aromatic N) is 1. The third-order valence-corrected chi connectivity index (χ3v) is 2.59. The quantitative estimate of drug-likeness (QED) is 0.777. The van der Waals surface area contributed by atoms with Gasteiger partial charge >= 0.3 is 0 Å². The smallest absolute Gasteiger partial charge is 0.120 e. The molecule has 0 fully saturated rings. The largest absolute Gasteiger partial charge is 0.492 e. The van der Waals surface area contributed by atoms with E-state index in [1.165, 1.54) is 0 Å². The van der Waals surface area contributed by atoms with E-state index in [2.05, 4.69) is 30.7 Å². The van der Waals surface area contributed by atoms with Gasteiger partial charge in [0.1, 0.15) is 12.4 Å². The number of aliphatic hydroxyl groups is 1. The van der Waals surface area contributed by atoms with Crippen LogP contribution in [0.15, 0.2) is 24.3 Å². The number of benzene rings is 1. The maximum absolute atomic E-state index is 8.66. The van der Waals surface area contributed by atoms with Crippen LogP contribution in [-0.4, -0.2) is 43.4 Å². The second-order valence-electron chi connectivity index (χ2n) is 4.05. The molecule has 0 aliphatic rings. The number of rotatable bonds is 6. The van der Waals surface area contributed by atoms with Crippen LogP contribution in [-0.2, 0) is 0 Å². The molecule has 0 radical (unpaired) electrons. The summed E-state index contributed by atoms with van der Waals surface area (Å²) in [7, 11) is 2.07. The van der Waals surface area contributed by atoms with Gasteiger partial charge in [0.2, 0.25) is 0 Å². The summed E-state index contributed by atoms with van der Waals surface area (Å²) in [6, 6.07) is 7.73. The summed E-state index contributed by atoms with van der Waals surface area (Å²) < 4.78 is 5.67. The zero-order valence-electron chi connectivity index (χ0n) is 11.1. The Morgan fingerprint density at radius 2 is 2.22 bits per heavy atom. The van der Waals surface area contributed by atoms with Gasteiger partial charge < -0.3 is 14.7 Å². The molecule has 1 aromatic rings. The molecule has 0 heterocycles. The summed E-state index contributed by atoms with van der Waals surface area (Å²) >= 11 is 0. The van der Waals surface area contributed by atoms with Gasteiger partial charge in [-0.15, -0.1) is 0 Å². The Morgan fingerprint density at radius 1 is 1.39 bits per heavy atom. The monoisotopic (exact) mass is 247 g/mol. The molecular formula is C15H21NO2. The third-order valence-electron chi connectivity index (χ3n) is 2.59. The van der Waals surface area contributed by atoms with Crippen LogP contribution in [0, 0.1) is 11.8 Å². The lowest BCUT2D eigenvalue weighted by Crippen LogP contribution is -2.23. The highest BCUT2D eigenvalue weighted by Gasteiger charge is 1.97. The predicted octanol–water partition coefficient (Wildman–Crippen LogP) is 1.75. The topological polar surface area (TPSA) is 32.7 Å². The zero-order valence-corrected chi connectivity index (χ0v) is 11.1. The van der Waals surface area contributed by atoms with Crippen molar-refractivity contribution in [1.82, 2.24) is 4.90 Å². The van der Waals surface area contributed by atoms with Gasteiger partial charge in [-0.1, -0.05) is 24.8 Å². The molecule has 1 aromatic carbocycles. The molecule has 1 N–H and O–H groups in total. The van der Waals surface area contributed by atoms with Crippen molar-refractivity contribution < 1.29 is 9.84 Å². The lowest BCUT2D eigenvalue weighted by molar-refractivity contribution is 0.244. The summed E-state index contributed by atoms with van der Waals surface area (Å²) in [6.07, 6.45) is 0.506. The molecule has 98 valence electrons. The highest BCUT2D eigenvalue weighted by atomic mass is 16.5. The van der Waals surface area contributed by atoms with Gasteiger partial charge in [-0.25, -0.2) is 0 Å². The maximum atomic E-state index is 8.66. The number of likely N-dealkylation sites (N-methyl/N-ethyl adjacent to an activating group) is 1. The molecule has 18 heavy (non-hydrogen) atoms. The fraction of sp³-hybridized carbons (Fsp3) is 0.467. The number of ether oxygens (including phenoxy) is 1. The van der Waals surface area contributed by atoms with Crippen LogP contribution in [0.25, 0.3) is 0 Å². The summed E-state index contributed by atoms with van der Waals surface area (Å²) in [4.78, 5) is 2.20. The fourth-order valence-corrected chi connectivity index (χ4v) is 1.36. The Bertz CT molecular complexity index is 406. The molecule has 0 saturated carbocycles. The molecule has 0 aromatic heterocycles. The highest BCUT2D eigenvalue weighted by molar-refractivity contribution is 5.39. The van der Waals surface area contributed by atoms with Crippen molar-refractivity contribution in [3.05, 3.63) is 29.8 Å². The van der Waals surface area contributed by atoms with Crippen LogP contribution < -0.4 is 4.74 Å². The van der Waals surface area contributed by atoms with Crippen LogP contribution in [0.5, 0.6) is 5.75 Å². The number of aliphatic hydroxyl groups excluding tert-OH is 1. The van der Waals surface area contributed by atoms with E-state index in [0.29, 0.717) is 13.0 Å². The Kier molecular flexibility index (Phi) is 6.93. The average Bonchev–Trinajstić information content (AvgIpc) is 2.39. The highest BCUT2D eigenvalue weighted by Crippen LogP contribution is 2.12. The van der Waals surface area contributed by atoms with Gasteiger partial charge in [-0.2, -0.15) is 0 Å². The lowest BCUT2D eigenvalue weighted by atomic mass is 10.2. The SMILES string of the molecule is CCN(C)CCOc1cccc(C#CCCO)c1. The summed E-state index contributed by atoms with van der Waals surface area (Å²) in [5, 5.41) is 8.66. The molecule has 0 saturated heterocycles. The molecular weight excluding hydrogens is 226 g/mol. The van der Waals surface area contributed by atoms with Crippen molar-refractivity contribution in [2.45, 2.75) is 13.3 Å². The summed E-state index contributed by atoms with van der Waals surface area (Å²) in [5.41, 5.74) is 0.921. The maximum Gasteiger partial charge on any atom is 0.120 e. The molecule has 0 aliphatic carbocycles. The minimum Gasteiger partial charge on any atom is -0.492 e. The molecule has 0 amide bonds. The molecule has 0 spiro atoms. The summed E-state index contributed by atoms with van der Waals surface area (Å²) in [5.74, 6) is 6.74. The van der Waals surface area contributed by atoms with E-state index in [9.17, 15) is 0 Å². The minimum absolute atomic E-state index is 0.104. The van der Waals surface area contributed by atoms with Gasteiger partial charge in [-0.05, 0) is 31.8 Å².